The molecule has 0 bridgehead atoms. The molecule has 0 aliphatic rings. The Balaban J connectivity index is 3.35. The van der Waals surface area contributed by atoms with Crippen molar-refractivity contribution in [3.05, 3.63) is 0 Å². The number of hydrogen-bond donors (Lipinski definition) is 1. The predicted octanol–water partition coefficient (Wildman–Crippen LogP) is 2.24. The van der Waals surface area contributed by atoms with Crippen LogP contribution in [0.3, 0.4) is 0 Å². The fraction of sp³-hybridized carbons (Fsp3) is 0.846. The van der Waals surface area contributed by atoms with Gasteiger partial charge in [-0.2, -0.15) is 0 Å². The van der Waals surface area contributed by atoms with E-state index in [1.165, 1.54) is 0 Å². The molecule has 0 aromatic carbocycles. The van der Waals surface area contributed by atoms with Crippen LogP contribution in [-0.2, 0) is 19.1 Å². The lowest BCUT2D eigenvalue weighted by Crippen LogP contribution is -2.18. The van der Waals surface area contributed by atoms with Crippen LogP contribution < -0.4 is 0 Å². The van der Waals surface area contributed by atoms with E-state index in [1.807, 2.05) is 0 Å². The monoisotopic (exact) mass is 260 g/mol. The highest BCUT2D eigenvalue weighted by molar-refractivity contribution is 5.69. The lowest BCUT2D eigenvalue weighted by molar-refractivity contribution is -0.146. The van der Waals surface area contributed by atoms with E-state index in [0.717, 1.165) is 0 Å². The maximum atomic E-state index is 11.2. The molecular weight excluding hydrogens is 236 g/mol. The van der Waals surface area contributed by atoms with Crippen LogP contribution in [0.5, 0.6) is 0 Å². The number of hydrogen-bond acceptors (Lipinski definition) is 4. The number of carbonyl (C=O) groups is 2. The molecule has 0 fully saturated rings. The first-order chi connectivity index (χ1) is 8.31. The summed E-state index contributed by atoms with van der Waals surface area (Å²) in [5.41, 5.74) is 0.112. The first-order valence-electron chi connectivity index (χ1n) is 6.26. The standard InChI is InChI=1S/C13H24O5/c1-13(2,3)10-17-8-9-18-12(16)7-5-4-6-11(14)15/h4-10H2,1-3H3,(H,14,15). The van der Waals surface area contributed by atoms with Gasteiger partial charge in [0.15, 0.2) is 0 Å². The van der Waals surface area contributed by atoms with Gasteiger partial charge < -0.3 is 14.6 Å². The molecule has 0 rings (SSSR count). The Morgan fingerprint density at radius 3 is 2.22 bits per heavy atom. The van der Waals surface area contributed by atoms with E-state index in [9.17, 15) is 9.59 Å². The van der Waals surface area contributed by atoms with Crippen molar-refractivity contribution >= 4 is 11.9 Å². The summed E-state index contributed by atoms with van der Waals surface area (Å²) >= 11 is 0. The number of carboxylic acids is 1. The number of aliphatic carboxylic acids is 1. The van der Waals surface area contributed by atoms with E-state index in [-0.39, 0.29) is 30.8 Å². The molecule has 5 heteroatoms. The van der Waals surface area contributed by atoms with Gasteiger partial charge in [0.1, 0.15) is 6.61 Å². The Kier molecular flexibility index (Phi) is 8.37. The Morgan fingerprint density at radius 2 is 1.67 bits per heavy atom. The predicted molar refractivity (Wildman–Crippen MR) is 67.3 cm³/mol. The molecule has 5 nitrogen and oxygen atoms in total. The van der Waals surface area contributed by atoms with E-state index >= 15 is 0 Å². The van der Waals surface area contributed by atoms with Crippen molar-refractivity contribution in [1.82, 2.24) is 0 Å². The second-order valence-corrected chi connectivity index (χ2v) is 5.43. The molecule has 0 radical (unpaired) electrons. The van der Waals surface area contributed by atoms with Crippen molar-refractivity contribution in [2.24, 2.45) is 5.41 Å². The number of carboxylic acid groups (broad SMARTS) is 1. The summed E-state index contributed by atoms with van der Waals surface area (Å²) in [7, 11) is 0. The van der Waals surface area contributed by atoms with Gasteiger partial charge >= 0.3 is 11.9 Å². The number of ether oxygens (including phenoxy) is 2. The van der Waals surface area contributed by atoms with E-state index in [0.29, 0.717) is 26.1 Å². The topological polar surface area (TPSA) is 72.8 Å². The van der Waals surface area contributed by atoms with E-state index in [4.69, 9.17) is 14.6 Å². The van der Waals surface area contributed by atoms with Crippen molar-refractivity contribution in [2.75, 3.05) is 19.8 Å². The Bertz CT molecular complexity index is 255. The third kappa shape index (κ3) is 13.0. The van der Waals surface area contributed by atoms with Crippen LogP contribution >= 0.6 is 0 Å². The van der Waals surface area contributed by atoms with Crippen molar-refractivity contribution in [1.29, 1.82) is 0 Å². The fourth-order valence-electron chi connectivity index (χ4n) is 1.21. The quantitative estimate of drug-likeness (QED) is 0.508. The van der Waals surface area contributed by atoms with Crippen LogP contribution in [0, 0.1) is 5.41 Å². The van der Waals surface area contributed by atoms with Crippen LogP contribution in [-0.4, -0.2) is 36.9 Å². The molecule has 0 atom stereocenters. The van der Waals surface area contributed by atoms with Crippen LogP contribution in [0.25, 0.3) is 0 Å². The normalized spacial score (nSPS) is 11.3. The van der Waals surface area contributed by atoms with Crippen LogP contribution in [0.15, 0.2) is 0 Å². The fourth-order valence-corrected chi connectivity index (χ4v) is 1.21. The summed E-state index contributed by atoms with van der Waals surface area (Å²) in [6.07, 6.45) is 1.42. The van der Waals surface area contributed by atoms with Gasteiger partial charge in [0.25, 0.3) is 0 Å². The smallest absolute Gasteiger partial charge is 0.305 e. The van der Waals surface area contributed by atoms with Gasteiger partial charge in [-0.15, -0.1) is 0 Å². The van der Waals surface area contributed by atoms with Crippen LogP contribution in [0.1, 0.15) is 46.5 Å². The molecule has 106 valence electrons. The second-order valence-electron chi connectivity index (χ2n) is 5.43. The van der Waals surface area contributed by atoms with Crippen LogP contribution in [0.4, 0.5) is 0 Å². The first-order valence-corrected chi connectivity index (χ1v) is 6.26. The number of rotatable bonds is 9. The molecule has 0 aliphatic carbocycles. The Labute approximate surface area is 108 Å². The maximum absolute atomic E-state index is 11.2. The maximum Gasteiger partial charge on any atom is 0.305 e. The summed E-state index contributed by atoms with van der Waals surface area (Å²) in [5.74, 6) is -1.13. The highest BCUT2D eigenvalue weighted by Gasteiger charge is 2.10. The lowest BCUT2D eigenvalue weighted by Gasteiger charge is -2.17. The van der Waals surface area contributed by atoms with Crippen LogP contribution in [0.2, 0.25) is 0 Å². The highest BCUT2D eigenvalue weighted by atomic mass is 16.6. The highest BCUT2D eigenvalue weighted by Crippen LogP contribution is 2.12. The summed E-state index contributed by atoms with van der Waals surface area (Å²) < 4.78 is 10.3. The minimum atomic E-state index is -0.834. The molecule has 0 aromatic heterocycles. The molecule has 0 saturated carbocycles. The first kappa shape index (κ1) is 16.9. The average molecular weight is 260 g/mol. The SMILES string of the molecule is CC(C)(C)COCCOC(=O)CCCCC(=O)O. The summed E-state index contributed by atoms with van der Waals surface area (Å²) in [6.45, 7) is 7.50. The molecule has 1 N–H and O–H groups in total. The van der Waals surface area contributed by atoms with Crippen molar-refractivity contribution in [2.45, 2.75) is 46.5 Å². The van der Waals surface area contributed by atoms with Crippen molar-refractivity contribution < 1.29 is 24.2 Å². The van der Waals surface area contributed by atoms with E-state index in [1.54, 1.807) is 0 Å². The third-order valence-corrected chi connectivity index (χ3v) is 2.05. The molecule has 0 unspecified atom stereocenters. The van der Waals surface area contributed by atoms with Crippen molar-refractivity contribution in [3.63, 3.8) is 0 Å². The zero-order valence-electron chi connectivity index (χ0n) is 11.5. The number of carbonyl (C=O) groups excluding carboxylic acids is 1. The summed E-state index contributed by atoms with van der Waals surface area (Å²) in [6, 6.07) is 0. The van der Waals surface area contributed by atoms with E-state index < -0.39 is 5.97 Å². The zero-order valence-corrected chi connectivity index (χ0v) is 11.5. The van der Waals surface area contributed by atoms with Gasteiger partial charge in [-0.25, -0.2) is 0 Å². The second kappa shape index (κ2) is 8.91. The van der Waals surface area contributed by atoms with Gasteiger partial charge in [-0.3, -0.25) is 9.59 Å². The molecule has 18 heavy (non-hydrogen) atoms. The van der Waals surface area contributed by atoms with Gasteiger partial charge in [-0.1, -0.05) is 20.8 Å². The summed E-state index contributed by atoms with van der Waals surface area (Å²) in [5, 5.41) is 8.41. The lowest BCUT2D eigenvalue weighted by atomic mass is 9.99. The van der Waals surface area contributed by atoms with Gasteiger partial charge in [0.2, 0.25) is 0 Å². The molecule has 0 aliphatic heterocycles. The zero-order chi connectivity index (χ0) is 14.0. The van der Waals surface area contributed by atoms with E-state index in [2.05, 4.69) is 20.8 Å². The molecule has 0 amide bonds. The summed E-state index contributed by atoms with van der Waals surface area (Å²) in [4.78, 5) is 21.5. The Morgan fingerprint density at radius 1 is 1.06 bits per heavy atom. The van der Waals surface area contributed by atoms with Crippen molar-refractivity contribution in [3.8, 4) is 0 Å². The molecule has 0 saturated heterocycles. The number of unbranched alkanes of at least 4 members (excludes halogenated alkanes) is 1. The Hall–Kier alpha value is -1.10. The van der Waals surface area contributed by atoms with Gasteiger partial charge in [0.05, 0.1) is 13.2 Å². The minimum absolute atomic E-state index is 0.0992. The minimum Gasteiger partial charge on any atom is -0.481 e. The molecule has 0 spiro atoms. The van der Waals surface area contributed by atoms with Gasteiger partial charge in [0, 0.05) is 12.8 Å². The third-order valence-electron chi connectivity index (χ3n) is 2.05. The number of esters is 1. The largest absolute Gasteiger partial charge is 0.481 e. The molecule has 0 heterocycles. The molecule has 0 aromatic rings. The van der Waals surface area contributed by atoms with Gasteiger partial charge in [-0.05, 0) is 18.3 Å². The average Bonchev–Trinajstić information content (AvgIpc) is 2.22. The molecular formula is C13H24O5.